The van der Waals surface area contributed by atoms with Gasteiger partial charge in [-0.15, -0.1) is 0 Å². The molecule has 2 aromatic heterocycles. The van der Waals surface area contributed by atoms with E-state index in [9.17, 15) is 0 Å². The van der Waals surface area contributed by atoms with E-state index in [0.29, 0.717) is 23.8 Å². The zero-order valence-corrected chi connectivity index (χ0v) is 17.9. The predicted octanol–water partition coefficient (Wildman–Crippen LogP) is 1.20. The Bertz CT molecular complexity index is 925. The molecule has 166 valence electrons. The van der Waals surface area contributed by atoms with Crippen LogP contribution in [-0.4, -0.2) is 64.5 Å². The number of nitrogens with one attached hydrogen (secondary N) is 2. The minimum absolute atomic E-state index is 0.0372. The van der Waals surface area contributed by atoms with E-state index in [-0.39, 0.29) is 18.8 Å². The predicted molar refractivity (Wildman–Crippen MR) is 119 cm³/mol. The summed E-state index contributed by atoms with van der Waals surface area (Å²) in [5.41, 5.74) is 8.05. The number of nitrogens with zero attached hydrogens (tertiary/aromatic N) is 4. The van der Waals surface area contributed by atoms with Crippen LogP contribution in [0.3, 0.4) is 0 Å². The van der Waals surface area contributed by atoms with Crippen LogP contribution in [0.5, 0.6) is 5.88 Å². The highest BCUT2D eigenvalue weighted by Gasteiger charge is 2.60. The first kappa shape index (κ1) is 20.4. The second-order valence-electron chi connectivity index (χ2n) is 9.10. The molecule has 9 nitrogen and oxygen atoms in total. The van der Waals surface area contributed by atoms with Crippen molar-refractivity contribution in [3.05, 3.63) is 30.1 Å². The van der Waals surface area contributed by atoms with Gasteiger partial charge in [-0.25, -0.2) is 9.97 Å². The van der Waals surface area contributed by atoms with Crippen molar-refractivity contribution in [2.75, 3.05) is 43.1 Å². The Hall–Kier alpha value is -2.49. The monoisotopic (exact) mass is 425 g/mol. The molecule has 0 spiro atoms. The van der Waals surface area contributed by atoms with Crippen molar-refractivity contribution >= 4 is 17.5 Å². The number of ether oxygens (including phenoxy) is 1. The van der Waals surface area contributed by atoms with Crippen LogP contribution in [0.1, 0.15) is 24.8 Å². The number of hydrogen-bond acceptors (Lipinski definition) is 9. The number of nitrogens with two attached hydrogens (primary N) is 1. The van der Waals surface area contributed by atoms with E-state index < -0.39 is 0 Å². The maximum atomic E-state index is 8.83. The first-order chi connectivity index (χ1) is 15.1. The van der Waals surface area contributed by atoms with Gasteiger partial charge in [-0.1, -0.05) is 0 Å². The summed E-state index contributed by atoms with van der Waals surface area (Å²) in [7, 11) is 0. The highest BCUT2D eigenvalue weighted by Crippen LogP contribution is 2.50. The summed E-state index contributed by atoms with van der Waals surface area (Å²) in [5.74, 6) is 3.44. The number of piperidine rings is 1. The molecule has 31 heavy (non-hydrogen) atoms. The van der Waals surface area contributed by atoms with Crippen LogP contribution in [-0.2, 0) is 0 Å². The topological polar surface area (TPSA) is 121 Å². The molecule has 0 radical (unpaired) electrons. The number of fused-ring (bicyclic) bond motifs is 1. The van der Waals surface area contributed by atoms with Crippen LogP contribution in [0.2, 0.25) is 0 Å². The van der Waals surface area contributed by atoms with Crippen LogP contribution < -0.4 is 26.0 Å². The van der Waals surface area contributed by atoms with E-state index >= 15 is 0 Å². The fourth-order valence-corrected chi connectivity index (χ4v) is 4.66. The number of rotatable bonds is 10. The van der Waals surface area contributed by atoms with Gasteiger partial charge in [0.05, 0.1) is 18.5 Å². The molecule has 1 saturated heterocycles. The van der Waals surface area contributed by atoms with Gasteiger partial charge in [-0.2, -0.15) is 4.98 Å². The van der Waals surface area contributed by atoms with E-state index in [4.69, 9.17) is 20.6 Å². The standard InChI is InChI=1S/C22H31N7O2/c1-14-10-25-21(27-17-2-3-19(24-11-17)31-7-6-30)28-20(14)29-12-16-9-22(16,13-29)26-5-4-15-8-18(15)23/h2-3,10-11,15-16,18,26,30H,4-9,12-13,23H2,1H3,(H,25,27,28)/t15-,16?,18-,22?/m0/s1. The molecule has 5 N–H and O–H groups in total. The SMILES string of the molecule is Cc1cnc(Nc2ccc(OCCO)nc2)nc1N1CC2CC2(NCC[C@H]2C[C@@H]2N)C1. The lowest BCUT2D eigenvalue weighted by molar-refractivity contribution is 0.196. The molecule has 2 unspecified atom stereocenters. The smallest absolute Gasteiger partial charge is 0.229 e. The van der Waals surface area contributed by atoms with Crippen molar-refractivity contribution < 1.29 is 9.84 Å². The molecule has 0 bridgehead atoms. The molecule has 2 aromatic rings. The third kappa shape index (κ3) is 4.44. The second kappa shape index (κ2) is 8.22. The normalized spacial score (nSPS) is 28.4. The van der Waals surface area contributed by atoms with Gasteiger partial charge in [0, 0.05) is 42.5 Å². The molecule has 2 saturated carbocycles. The quantitative estimate of drug-likeness (QED) is 0.445. The summed E-state index contributed by atoms with van der Waals surface area (Å²) in [6, 6.07) is 4.05. The van der Waals surface area contributed by atoms with Crippen LogP contribution in [0, 0.1) is 18.8 Å². The molecule has 4 atom stereocenters. The van der Waals surface area contributed by atoms with Crippen LogP contribution in [0.4, 0.5) is 17.5 Å². The maximum absolute atomic E-state index is 8.83. The van der Waals surface area contributed by atoms with E-state index in [0.717, 1.165) is 42.6 Å². The van der Waals surface area contributed by atoms with Crippen molar-refractivity contribution in [1.29, 1.82) is 0 Å². The van der Waals surface area contributed by atoms with Gasteiger partial charge < -0.3 is 31.1 Å². The summed E-state index contributed by atoms with van der Waals surface area (Å²) >= 11 is 0. The summed E-state index contributed by atoms with van der Waals surface area (Å²) in [6.07, 6.45) is 7.18. The number of aliphatic hydroxyl groups is 1. The number of aryl methyl sites for hydroxylation is 1. The molecule has 5 rings (SSSR count). The number of anilines is 3. The lowest BCUT2D eigenvalue weighted by Crippen LogP contribution is -2.39. The van der Waals surface area contributed by atoms with E-state index in [1.54, 1.807) is 12.3 Å². The lowest BCUT2D eigenvalue weighted by atomic mass is 10.2. The zero-order valence-electron chi connectivity index (χ0n) is 17.9. The number of aliphatic hydroxyl groups excluding tert-OH is 1. The van der Waals surface area contributed by atoms with Crippen molar-refractivity contribution in [2.24, 2.45) is 17.6 Å². The highest BCUT2D eigenvalue weighted by atomic mass is 16.5. The molecular weight excluding hydrogens is 394 g/mol. The molecule has 3 fully saturated rings. The maximum Gasteiger partial charge on any atom is 0.229 e. The van der Waals surface area contributed by atoms with Gasteiger partial charge in [0.2, 0.25) is 11.8 Å². The fourth-order valence-electron chi connectivity index (χ4n) is 4.66. The Balaban J connectivity index is 1.20. The van der Waals surface area contributed by atoms with Gasteiger partial charge in [-0.05, 0) is 50.6 Å². The molecular formula is C22H31N7O2. The zero-order chi connectivity index (χ0) is 21.4. The third-order valence-corrected chi connectivity index (χ3v) is 6.69. The van der Waals surface area contributed by atoms with E-state index in [1.165, 1.54) is 19.3 Å². The van der Waals surface area contributed by atoms with Crippen molar-refractivity contribution in [3.8, 4) is 5.88 Å². The first-order valence-corrected chi connectivity index (χ1v) is 11.1. The Morgan fingerprint density at radius 1 is 1.32 bits per heavy atom. The fraction of sp³-hybridized carbons (Fsp3) is 0.591. The average molecular weight is 426 g/mol. The number of aromatic nitrogens is 3. The minimum Gasteiger partial charge on any atom is -0.475 e. The molecule has 3 heterocycles. The van der Waals surface area contributed by atoms with Crippen molar-refractivity contribution in [1.82, 2.24) is 20.3 Å². The number of pyridine rings is 1. The van der Waals surface area contributed by atoms with Gasteiger partial charge in [-0.3, -0.25) is 0 Å². The van der Waals surface area contributed by atoms with E-state index in [2.05, 4.69) is 32.4 Å². The summed E-state index contributed by atoms with van der Waals surface area (Å²) in [6.45, 7) is 5.33. The summed E-state index contributed by atoms with van der Waals surface area (Å²) in [5, 5.41) is 15.9. The van der Waals surface area contributed by atoms with Gasteiger partial charge in [0.1, 0.15) is 12.4 Å². The Labute approximate surface area is 182 Å². The van der Waals surface area contributed by atoms with Crippen LogP contribution >= 0.6 is 0 Å². The number of hydrogen-bond donors (Lipinski definition) is 4. The van der Waals surface area contributed by atoms with Gasteiger partial charge in [0.25, 0.3) is 0 Å². The van der Waals surface area contributed by atoms with E-state index in [1.807, 2.05) is 12.3 Å². The minimum atomic E-state index is -0.0372. The second-order valence-corrected chi connectivity index (χ2v) is 9.10. The third-order valence-electron chi connectivity index (χ3n) is 6.69. The van der Waals surface area contributed by atoms with Gasteiger partial charge >= 0.3 is 0 Å². The Kier molecular flexibility index (Phi) is 5.41. The van der Waals surface area contributed by atoms with Crippen LogP contribution in [0.15, 0.2) is 24.5 Å². The lowest BCUT2D eigenvalue weighted by Gasteiger charge is -2.24. The van der Waals surface area contributed by atoms with Gasteiger partial charge in [0.15, 0.2) is 0 Å². The van der Waals surface area contributed by atoms with Crippen molar-refractivity contribution in [3.63, 3.8) is 0 Å². The molecule has 3 aliphatic rings. The summed E-state index contributed by atoms with van der Waals surface area (Å²) < 4.78 is 5.30. The largest absolute Gasteiger partial charge is 0.475 e. The molecule has 9 heteroatoms. The Morgan fingerprint density at radius 3 is 2.94 bits per heavy atom. The first-order valence-electron chi connectivity index (χ1n) is 11.1. The van der Waals surface area contributed by atoms with Crippen LogP contribution in [0.25, 0.3) is 0 Å². The Morgan fingerprint density at radius 2 is 2.19 bits per heavy atom. The molecule has 2 aliphatic carbocycles. The molecule has 0 amide bonds. The highest BCUT2D eigenvalue weighted by molar-refractivity contribution is 5.57. The summed E-state index contributed by atoms with van der Waals surface area (Å²) in [4.78, 5) is 15.9. The molecule has 0 aromatic carbocycles. The average Bonchev–Trinajstić information content (AvgIpc) is 3.63. The van der Waals surface area contributed by atoms with Crippen molar-refractivity contribution in [2.45, 2.75) is 37.8 Å². The molecule has 1 aliphatic heterocycles.